The number of benzene rings is 1. The Morgan fingerprint density at radius 1 is 1.40 bits per heavy atom. The van der Waals surface area contributed by atoms with Crippen molar-refractivity contribution in [3.63, 3.8) is 0 Å². The van der Waals surface area contributed by atoms with Crippen LogP contribution in [0.25, 0.3) is 11.0 Å². The van der Waals surface area contributed by atoms with Gasteiger partial charge in [0, 0.05) is 10.6 Å². The van der Waals surface area contributed by atoms with E-state index in [-0.39, 0.29) is 11.9 Å². The van der Waals surface area contributed by atoms with Crippen LogP contribution in [-0.2, 0) is 0 Å². The monoisotopic (exact) mass is 293 g/mol. The molecule has 1 fully saturated rings. The molecule has 0 amide bonds. The third-order valence-corrected chi connectivity index (χ3v) is 5.28. The van der Waals surface area contributed by atoms with Gasteiger partial charge in [0.2, 0.25) is 0 Å². The molecule has 0 radical (unpaired) electrons. The van der Waals surface area contributed by atoms with Gasteiger partial charge in [-0.1, -0.05) is 13.3 Å². The van der Waals surface area contributed by atoms with Crippen LogP contribution in [0.2, 0.25) is 0 Å². The molecule has 1 aliphatic heterocycles. The average Bonchev–Trinajstić information content (AvgIpc) is 2.88. The van der Waals surface area contributed by atoms with E-state index in [1.54, 1.807) is 12.1 Å². The Balaban J connectivity index is 1.91. The van der Waals surface area contributed by atoms with Gasteiger partial charge >= 0.3 is 0 Å². The lowest BCUT2D eigenvalue weighted by atomic mass is 10.0. The van der Waals surface area contributed by atoms with Crippen LogP contribution in [0, 0.1) is 5.82 Å². The summed E-state index contributed by atoms with van der Waals surface area (Å²) in [6.07, 6.45) is 3.81. The van der Waals surface area contributed by atoms with E-state index < -0.39 is 0 Å². The summed E-state index contributed by atoms with van der Waals surface area (Å²) in [6.45, 7) is 3.02. The van der Waals surface area contributed by atoms with E-state index >= 15 is 0 Å². The zero-order valence-electron chi connectivity index (χ0n) is 11.7. The zero-order chi connectivity index (χ0) is 13.9. The Bertz CT molecular complexity index is 577. The first-order chi connectivity index (χ1) is 9.78. The molecule has 2 heterocycles. The summed E-state index contributed by atoms with van der Waals surface area (Å²) in [5.41, 5.74) is 0.769. The summed E-state index contributed by atoms with van der Waals surface area (Å²) in [5.74, 6) is 1.95. The molecule has 1 aliphatic rings. The van der Waals surface area contributed by atoms with Crippen LogP contribution < -0.4 is 5.32 Å². The van der Waals surface area contributed by atoms with E-state index in [2.05, 4.69) is 12.2 Å². The van der Waals surface area contributed by atoms with E-state index in [9.17, 15) is 4.39 Å². The van der Waals surface area contributed by atoms with E-state index in [1.807, 2.05) is 17.8 Å². The number of hydrogen-bond donors (Lipinski definition) is 1. The summed E-state index contributed by atoms with van der Waals surface area (Å²) in [7, 11) is 0. The molecule has 1 N–H and O–H groups in total. The number of hydrogen-bond acceptors (Lipinski definition) is 3. The lowest BCUT2D eigenvalue weighted by Crippen LogP contribution is -2.31. The Hall–Kier alpha value is -1.000. The third kappa shape index (κ3) is 2.86. The molecule has 1 saturated heterocycles. The number of rotatable bonds is 4. The number of halogens is 1. The van der Waals surface area contributed by atoms with Crippen molar-refractivity contribution >= 4 is 22.7 Å². The highest BCUT2D eigenvalue weighted by molar-refractivity contribution is 8.00. The van der Waals surface area contributed by atoms with Crippen molar-refractivity contribution in [1.29, 1.82) is 0 Å². The summed E-state index contributed by atoms with van der Waals surface area (Å²) in [4.78, 5) is 0. The van der Waals surface area contributed by atoms with Crippen molar-refractivity contribution in [1.82, 2.24) is 5.32 Å². The normalized spacial score (nSPS) is 21.2. The number of thioether (sulfide) groups is 1. The van der Waals surface area contributed by atoms with Crippen LogP contribution in [0.4, 0.5) is 4.39 Å². The van der Waals surface area contributed by atoms with Crippen molar-refractivity contribution in [2.24, 2.45) is 0 Å². The SMILES string of the molecule is CCNC(c1cc2cc(F)ccc2o1)C1CCCCS1. The van der Waals surface area contributed by atoms with Gasteiger partial charge in [0.05, 0.1) is 6.04 Å². The molecule has 0 saturated carbocycles. The van der Waals surface area contributed by atoms with Crippen molar-refractivity contribution in [2.45, 2.75) is 37.5 Å². The van der Waals surface area contributed by atoms with Gasteiger partial charge in [-0.3, -0.25) is 0 Å². The summed E-state index contributed by atoms with van der Waals surface area (Å²) in [6, 6.07) is 6.92. The van der Waals surface area contributed by atoms with Crippen LogP contribution in [0.1, 0.15) is 38.0 Å². The van der Waals surface area contributed by atoms with Gasteiger partial charge in [0.1, 0.15) is 17.2 Å². The third-order valence-electron chi connectivity index (χ3n) is 3.81. The fraction of sp³-hybridized carbons (Fsp3) is 0.500. The van der Waals surface area contributed by atoms with Crippen molar-refractivity contribution in [3.05, 3.63) is 35.8 Å². The lowest BCUT2D eigenvalue weighted by Gasteiger charge is -2.29. The highest BCUT2D eigenvalue weighted by Gasteiger charge is 2.27. The fourth-order valence-corrected chi connectivity index (χ4v) is 4.28. The molecule has 2 aromatic rings. The average molecular weight is 293 g/mol. The molecular weight excluding hydrogens is 273 g/mol. The molecule has 2 nitrogen and oxygen atoms in total. The number of nitrogens with one attached hydrogen (secondary N) is 1. The van der Waals surface area contributed by atoms with Crippen molar-refractivity contribution < 1.29 is 8.81 Å². The number of furan rings is 1. The molecular formula is C16H20FNOS. The lowest BCUT2D eigenvalue weighted by molar-refractivity contribution is 0.409. The molecule has 0 spiro atoms. The van der Waals surface area contributed by atoms with E-state index in [1.165, 1.54) is 31.1 Å². The van der Waals surface area contributed by atoms with Gasteiger partial charge in [0.25, 0.3) is 0 Å². The van der Waals surface area contributed by atoms with E-state index in [4.69, 9.17) is 4.42 Å². The molecule has 0 bridgehead atoms. The molecule has 3 rings (SSSR count). The molecule has 2 atom stereocenters. The second-order valence-corrected chi connectivity index (χ2v) is 6.62. The topological polar surface area (TPSA) is 25.2 Å². The van der Waals surface area contributed by atoms with Crippen LogP contribution in [0.3, 0.4) is 0 Å². The van der Waals surface area contributed by atoms with Crippen molar-refractivity contribution in [2.75, 3.05) is 12.3 Å². The Kier molecular flexibility index (Phi) is 4.32. The van der Waals surface area contributed by atoms with Crippen LogP contribution in [-0.4, -0.2) is 17.5 Å². The summed E-state index contributed by atoms with van der Waals surface area (Å²) in [5, 5.41) is 4.94. The Morgan fingerprint density at radius 2 is 2.30 bits per heavy atom. The molecule has 1 aromatic carbocycles. The van der Waals surface area contributed by atoms with E-state index in [0.29, 0.717) is 5.25 Å². The van der Waals surface area contributed by atoms with Gasteiger partial charge in [-0.2, -0.15) is 11.8 Å². The Morgan fingerprint density at radius 3 is 3.05 bits per heavy atom. The second-order valence-electron chi connectivity index (χ2n) is 5.27. The molecule has 20 heavy (non-hydrogen) atoms. The molecule has 108 valence electrons. The van der Waals surface area contributed by atoms with Gasteiger partial charge in [-0.15, -0.1) is 0 Å². The first-order valence-electron chi connectivity index (χ1n) is 7.32. The first kappa shape index (κ1) is 14.0. The maximum Gasteiger partial charge on any atom is 0.134 e. The van der Waals surface area contributed by atoms with Crippen LogP contribution >= 0.6 is 11.8 Å². The standard InChI is InChI=1S/C16H20FNOS/c1-2-18-16(15-5-3-4-8-20-15)14-10-11-9-12(17)6-7-13(11)19-14/h6-7,9-10,15-16,18H,2-5,8H2,1H3. The quantitative estimate of drug-likeness (QED) is 0.898. The van der Waals surface area contributed by atoms with Gasteiger partial charge < -0.3 is 9.73 Å². The van der Waals surface area contributed by atoms with Crippen molar-refractivity contribution in [3.8, 4) is 0 Å². The minimum Gasteiger partial charge on any atom is -0.459 e. The molecule has 1 aromatic heterocycles. The highest BCUT2D eigenvalue weighted by Crippen LogP contribution is 2.36. The van der Waals surface area contributed by atoms with Gasteiger partial charge in [-0.05, 0) is 49.4 Å². The maximum atomic E-state index is 13.3. The highest BCUT2D eigenvalue weighted by atomic mass is 32.2. The molecule has 0 aliphatic carbocycles. The maximum absolute atomic E-state index is 13.3. The fourth-order valence-electron chi connectivity index (χ4n) is 2.85. The first-order valence-corrected chi connectivity index (χ1v) is 8.37. The number of fused-ring (bicyclic) bond motifs is 1. The summed E-state index contributed by atoms with van der Waals surface area (Å²) < 4.78 is 19.2. The minimum atomic E-state index is -0.211. The second kappa shape index (κ2) is 6.19. The van der Waals surface area contributed by atoms with Gasteiger partial charge in [-0.25, -0.2) is 4.39 Å². The predicted molar refractivity (Wildman–Crippen MR) is 82.7 cm³/mol. The molecule has 4 heteroatoms. The van der Waals surface area contributed by atoms with Crippen LogP contribution in [0.5, 0.6) is 0 Å². The minimum absolute atomic E-state index is 0.211. The summed E-state index contributed by atoms with van der Waals surface area (Å²) >= 11 is 2.02. The smallest absolute Gasteiger partial charge is 0.134 e. The van der Waals surface area contributed by atoms with Gasteiger partial charge in [0.15, 0.2) is 0 Å². The molecule has 2 unspecified atom stereocenters. The largest absolute Gasteiger partial charge is 0.459 e. The van der Waals surface area contributed by atoms with Crippen LogP contribution in [0.15, 0.2) is 28.7 Å². The predicted octanol–water partition coefficient (Wildman–Crippen LogP) is 4.51. The Labute approximate surface area is 123 Å². The zero-order valence-corrected chi connectivity index (χ0v) is 12.5. The van der Waals surface area contributed by atoms with E-state index in [0.717, 1.165) is 23.3 Å².